The van der Waals surface area contributed by atoms with Gasteiger partial charge in [-0.2, -0.15) is 13.2 Å². The predicted octanol–water partition coefficient (Wildman–Crippen LogP) is 3.41. The summed E-state index contributed by atoms with van der Waals surface area (Å²) < 4.78 is 46.5. The van der Waals surface area contributed by atoms with Crippen molar-refractivity contribution in [2.75, 3.05) is 6.54 Å². The Morgan fingerprint density at radius 3 is 2.61 bits per heavy atom. The summed E-state index contributed by atoms with van der Waals surface area (Å²) in [4.78, 5) is 25.0. The van der Waals surface area contributed by atoms with Crippen LogP contribution in [0.3, 0.4) is 0 Å². The highest BCUT2D eigenvalue weighted by molar-refractivity contribution is 5.77. The van der Waals surface area contributed by atoms with Gasteiger partial charge in [0.2, 0.25) is 5.91 Å². The number of halogens is 3. The number of hydrogen-bond donors (Lipinski definition) is 1. The first kappa shape index (κ1) is 24.4. The highest BCUT2D eigenvalue weighted by atomic mass is 19.4. The van der Waals surface area contributed by atoms with Crippen LogP contribution in [0.1, 0.15) is 54.1 Å². The van der Waals surface area contributed by atoms with Crippen LogP contribution in [0, 0.1) is 5.92 Å². The number of benzene rings is 1. The average Bonchev–Trinajstić information content (AvgIpc) is 3.54. The number of nitrogens with one attached hydrogen (secondary N) is 1. The summed E-state index contributed by atoms with van der Waals surface area (Å²) in [5.41, 5.74) is 2.56. The molecule has 1 amide bonds. The largest absolute Gasteiger partial charge is 0.418 e. The zero-order valence-electron chi connectivity index (χ0n) is 20.6. The predicted molar refractivity (Wildman–Crippen MR) is 131 cm³/mol. The van der Waals surface area contributed by atoms with Crippen LogP contribution in [0.4, 0.5) is 13.2 Å². The third kappa shape index (κ3) is 4.28. The normalized spacial score (nSPS) is 17.6. The van der Waals surface area contributed by atoms with Crippen molar-refractivity contribution in [3.8, 4) is 5.69 Å². The van der Waals surface area contributed by atoms with Gasteiger partial charge < -0.3 is 4.57 Å². The smallest absolute Gasteiger partial charge is 0.320 e. The third-order valence-corrected chi connectivity index (χ3v) is 7.55. The molecule has 1 aromatic carbocycles. The van der Waals surface area contributed by atoms with Gasteiger partial charge in [-0.05, 0) is 48.1 Å². The number of fused-ring (bicyclic) bond motifs is 1. The number of amides is 1. The number of pyridine rings is 1. The maximum absolute atomic E-state index is 14.1. The fourth-order valence-electron chi connectivity index (χ4n) is 5.45. The molecule has 9 nitrogen and oxygen atoms in total. The molecule has 0 bridgehead atoms. The lowest BCUT2D eigenvalue weighted by molar-refractivity contribution is -0.136. The van der Waals surface area contributed by atoms with Crippen LogP contribution < -0.4 is 11.1 Å². The van der Waals surface area contributed by atoms with Crippen LogP contribution in [-0.4, -0.2) is 41.2 Å². The zero-order valence-corrected chi connectivity index (χ0v) is 20.6. The van der Waals surface area contributed by atoms with E-state index in [1.54, 1.807) is 17.4 Å². The lowest BCUT2D eigenvalue weighted by Crippen LogP contribution is -2.32. The Morgan fingerprint density at radius 2 is 1.97 bits per heavy atom. The number of hydrazine groups is 1. The molecule has 198 valence electrons. The van der Waals surface area contributed by atoms with E-state index >= 15 is 0 Å². The molecule has 4 heterocycles. The summed E-state index contributed by atoms with van der Waals surface area (Å²) in [5.74, 6) is 0.978. The number of nitrogens with zero attached hydrogens (tertiary/aromatic N) is 6. The highest BCUT2D eigenvalue weighted by Crippen LogP contribution is 2.43. The highest BCUT2D eigenvalue weighted by Gasteiger charge is 2.35. The van der Waals surface area contributed by atoms with E-state index in [4.69, 9.17) is 0 Å². The molecular weight excluding hydrogens is 499 g/mol. The fourth-order valence-corrected chi connectivity index (χ4v) is 5.45. The van der Waals surface area contributed by atoms with Gasteiger partial charge in [-0.15, -0.1) is 10.2 Å². The van der Waals surface area contributed by atoms with Crippen LogP contribution in [0.5, 0.6) is 0 Å². The first-order chi connectivity index (χ1) is 18.2. The van der Waals surface area contributed by atoms with E-state index in [-0.39, 0.29) is 35.9 Å². The lowest BCUT2D eigenvalue weighted by Gasteiger charge is -2.33. The zero-order chi connectivity index (χ0) is 26.6. The summed E-state index contributed by atoms with van der Waals surface area (Å²) in [6, 6.07) is 8.39. The second-order valence-corrected chi connectivity index (χ2v) is 10.1. The minimum absolute atomic E-state index is 0.0306. The van der Waals surface area contributed by atoms with Crippen molar-refractivity contribution in [1.29, 1.82) is 0 Å². The maximum atomic E-state index is 14.1. The molecule has 38 heavy (non-hydrogen) atoms. The first-order valence-electron chi connectivity index (χ1n) is 12.5. The SMILES string of the molecule is Cn1cnnc1[C@@H](c1cccc(-n2cc3c(C(F)(F)F)cc(CN4CCC(=O)N4)cn3c2=O)c1)C1CCC1. The molecule has 6 rings (SSSR count). The number of rotatable bonds is 6. The molecule has 1 atom stereocenters. The molecular formula is C26H26F3N7O2. The van der Waals surface area contributed by atoms with Crippen molar-refractivity contribution in [3.05, 3.63) is 82.1 Å². The monoisotopic (exact) mass is 525 g/mol. The summed E-state index contributed by atoms with van der Waals surface area (Å²) in [5, 5.41) is 9.91. The number of imidazole rings is 1. The lowest BCUT2D eigenvalue weighted by atomic mass is 9.72. The van der Waals surface area contributed by atoms with Crippen molar-refractivity contribution >= 4 is 11.4 Å². The molecule has 0 spiro atoms. The number of aromatic nitrogens is 5. The van der Waals surface area contributed by atoms with E-state index in [0.717, 1.165) is 41.1 Å². The number of carbonyl (C=O) groups excluding carboxylic acids is 1. The van der Waals surface area contributed by atoms with Gasteiger partial charge in [-0.3, -0.25) is 19.2 Å². The second-order valence-electron chi connectivity index (χ2n) is 10.1. The van der Waals surface area contributed by atoms with Crippen LogP contribution in [-0.2, 0) is 24.6 Å². The van der Waals surface area contributed by atoms with E-state index in [1.165, 1.54) is 17.0 Å². The van der Waals surface area contributed by atoms with Gasteiger partial charge in [-0.1, -0.05) is 18.6 Å². The van der Waals surface area contributed by atoms with Crippen molar-refractivity contribution in [2.24, 2.45) is 13.0 Å². The van der Waals surface area contributed by atoms with Crippen molar-refractivity contribution in [3.63, 3.8) is 0 Å². The van der Waals surface area contributed by atoms with Crippen LogP contribution in [0.2, 0.25) is 0 Å². The number of carbonyl (C=O) groups is 1. The second kappa shape index (κ2) is 9.12. The molecule has 1 saturated carbocycles. The molecule has 0 unspecified atom stereocenters. The molecule has 1 aliphatic carbocycles. The Hall–Kier alpha value is -3.93. The molecule has 2 fully saturated rings. The number of alkyl halides is 3. The van der Waals surface area contributed by atoms with E-state index in [9.17, 15) is 22.8 Å². The summed E-state index contributed by atoms with van der Waals surface area (Å²) >= 11 is 0. The van der Waals surface area contributed by atoms with Gasteiger partial charge in [0, 0.05) is 44.9 Å². The quantitative estimate of drug-likeness (QED) is 0.417. The Labute approximate surface area is 215 Å². The third-order valence-electron chi connectivity index (χ3n) is 7.55. The van der Waals surface area contributed by atoms with Gasteiger partial charge in [-0.25, -0.2) is 9.80 Å². The average molecular weight is 526 g/mol. The van der Waals surface area contributed by atoms with Gasteiger partial charge >= 0.3 is 11.9 Å². The molecule has 3 aromatic heterocycles. The molecule has 4 aromatic rings. The molecule has 12 heteroatoms. The minimum atomic E-state index is -4.67. The van der Waals surface area contributed by atoms with Gasteiger partial charge in [0.25, 0.3) is 0 Å². The molecule has 2 aliphatic rings. The summed E-state index contributed by atoms with van der Waals surface area (Å²) in [6.07, 6.45) is 3.14. The molecule has 1 saturated heterocycles. The summed E-state index contributed by atoms with van der Waals surface area (Å²) in [7, 11) is 1.89. The molecule has 1 aliphatic heterocycles. The Balaban J connectivity index is 1.44. The number of hydrogen-bond acceptors (Lipinski definition) is 5. The van der Waals surface area contributed by atoms with Crippen molar-refractivity contribution < 1.29 is 18.0 Å². The van der Waals surface area contributed by atoms with Crippen LogP contribution in [0.15, 0.2) is 53.8 Å². The Bertz CT molecular complexity index is 1580. The fraction of sp³-hybridized carbons (Fsp3) is 0.385. The standard InChI is InChI=1S/C26H26F3N7O2/c1-33-15-30-31-24(33)23(17-4-2-5-17)18-6-3-7-19(11-18)35-14-21-20(26(27,28)29)10-16(13-36(21)25(35)38)12-34-9-8-22(37)32-34/h3,6-7,10-11,13-15,17,23H,2,4-5,8-9,12H2,1H3,(H,32,37)/t23-/m1/s1. The van der Waals surface area contributed by atoms with E-state index < -0.39 is 17.4 Å². The number of aryl methyl sites for hydroxylation is 1. The van der Waals surface area contributed by atoms with E-state index in [1.807, 2.05) is 29.8 Å². The van der Waals surface area contributed by atoms with Gasteiger partial charge in [0.05, 0.1) is 16.8 Å². The Kier molecular flexibility index (Phi) is 5.86. The summed E-state index contributed by atoms with van der Waals surface area (Å²) in [6.45, 7) is 0.438. The van der Waals surface area contributed by atoms with Gasteiger partial charge in [0.15, 0.2) is 0 Å². The first-order valence-corrected chi connectivity index (χ1v) is 12.5. The molecule has 0 radical (unpaired) electrons. The Morgan fingerprint density at radius 1 is 1.16 bits per heavy atom. The van der Waals surface area contributed by atoms with Crippen LogP contribution in [0.25, 0.3) is 11.2 Å². The molecule has 1 N–H and O–H groups in total. The maximum Gasteiger partial charge on any atom is 0.418 e. The topological polar surface area (TPSA) is 89.5 Å². The van der Waals surface area contributed by atoms with Crippen molar-refractivity contribution in [2.45, 2.75) is 44.3 Å². The van der Waals surface area contributed by atoms with E-state index in [0.29, 0.717) is 18.2 Å². The van der Waals surface area contributed by atoms with E-state index in [2.05, 4.69) is 15.6 Å². The minimum Gasteiger partial charge on any atom is -0.320 e. The van der Waals surface area contributed by atoms with Crippen molar-refractivity contribution in [1.82, 2.24) is 34.2 Å². The van der Waals surface area contributed by atoms with Gasteiger partial charge in [0.1, 0.15) is 12.2 Å². The van der Waals surface area contributed by atoms with Crippen LogP contribution >= 0.6 is 0 Å².